The van der Waals surface area contributed by atoms with Gasteiger partial charge in [-0.3, -0.25) is 4.79 Å². The van der Waals surface area contributed by atoms with Gasteiger partial charge >= 0.3 is 5.91 Å². The molecule has 26 heavy (non-hydrogen) atoms. The van der Waals surface area contributed by atoms with Gasteiger partial charge in [0.25, 0.3) is 10.0 Å². The van der Waals surface area contributed by atoms with Gasteiger partial charge in [0, 0.05) is 15.9 Å². The summed E-state index contributed by atoms with van der Waals surface area (Å²) >= 11 is 9.03. The van der Waals surface area contributed by atoms with E-state index in [4.69, 9.17) is 20.8 Å². The maximum Gasteiger partial charge on any atom is 0.300 e. The van der Waals surface area contributed by atoms with E-state index in [2.05, 4.69) is 15.9 Å². The van der Waals surface area contributed by atoms with Crippen LogP contribution in [0.2, 0.25) is 5.02 Å². The maximum atomic E-state index is 13.9. The number of hydrogen-bond donors (Lipinski definition) is 1. The fourth-order valence-corrected chi connectivity index (χ4v) is 4.15. The molecule has 1 N–H and O–H groups in total. The maximum absolute atomic E-state index is 13.9. The van der Waals surface area contributed by atoms with Crippen LogP contribution in [0.3, 0.4) is 0 Å². The Bertz CT molecular complexity index is 1130. The summed E-state index contributed by atoms with van der Waals surface area (Å²) < 4.78 is 51.1. The lowest BCUT2D eigenvalue weighted by Gasteiger charge is -2.09. The molecule has 1 heterocycles. The third kappa shape index (κ3) is 3.55. The number of methoxy groups -OCH3 is 1. The van der Waals surface area contributed by atoms with Crippen LogP contribution in [-0.4, -0.2) is 21.4 Å². The molecule has 0 unspecified atom stereocenters. The van der Waals surface area contributed by atoms with Crippen LogP contribution in [0.25, 0.3) is 11.0 Å². The molecule has 6 nitrogen and oxygen atoms in total. The van der Waals surface area contributed by atoms with Gasteiger partial charge in [-0.15, -0.1) is 0 Å². The average molecular weight is 463 g/mol. The highest BCUT2D eigenvalue weighted by Gasteiger charge is 2.25. The Labute approximate surface area is 161 Å². The summed E-state index contributed by atoms with van der Waals surface area (Å²) in [5.74, 6) is -1.86. The Morgan fingerprint density at radius 1 is 1.27 bits per heavy atom. The van der Waals surface area contributed by atoms with Gasteiger partial charge in [0.1, 0.15) is 10.6 Å². The SMILES string of the molecule is COc1ccc(Cl)c(S(=O)(=O)NC(=O)c2cc3cc(Br)cc(F)c3o2)c1. The van der Waals surface area contributed by atoms with Crippen molar-refractivity contribution in [1.82, 2.24) is 4.72 Å². The average Bonchev–Trinajstić information content (AvgIpc) is 2.99. The Morgan fingerprint density at radius 3 is 2.69 bits per heavy atom. The van der Waals surface area contributed by atoms with Crippen molar-refractivity contribution in [2.24, 2.45) is 0 Å². The topological polar surface area (TPSA) is 85.6 Å². The van der Waals surface area contributed by atoms with Crippen LogP contribution in [0.15, 0.2) is 50.2 Å². The number of carbonyl (C=O) groups excluding carboxylic acids is 1. The second-order valence-corrected chi connectivity index (χ2v) is 8.12. The zero-order valence-corrected chi connectivity index (χ0v) is 16.2. The summed E-state index contributed by atoms with van der Waals surface area (Å²) in [6.07, 6.45) is 0. The summed E-state index contributed by atoms with van der Waals surface area (Å²) in [6, 6.07) is 7.91. The van der Waals surface area contributed by atoms with Crippen LogP contribution in [-0.2, 0) is 10.0 Å². The third-order valence-corrected chi connectivity index (χ3v) is 5.68. The van der Waals surface area contributed by atoms with Crippen LogP contribution in [0.4, 0.5) is 4.39 Å². The molecule has 0 fully saturated rings. The highest BCUT2D eigenvalue weighted by atomic mass is 79.9. The minimum atomic E-state index is -4.30. The Kier molecular flexibility index (Phi) is 4.96. The highest BCUT2D eigenvalue weighted by molar-refractivity contribution is 9.10. The molecule has 0 aliphatic carbocycles. The molecule has 0 aliphatic heterocycles. The quantitative estimate of drug-likeness (QED) is 0.630. The molecule has 0 bridgehead atoms. The molecule has 136 valence electrons. The normalized spacial score (nSPS) is 11.5. The Morgan fingerprint density at radius 2 is 2.00 bits per heavy atom. The van der Waals surface area contributed by atoms with Crippen LogP contribution >= 0.6 is 27.5 Å². The highest BCUT2D eigenvalue weighted by Crippen LogP contribution is 2.28. The molecular weight excluding hydrogens is 453 g/mol. The van der Waals surface area contributed by atoms with Gasteiger partial charge in [-0.2, -0.15) is 0 Å². The first-order chi connectivity index (χ1) is 12.2. The summed E-state index contributed by atoms with van der Waals surface area (Å²) in [7, 11) is -2.94. The van der Waals surface area contributed by atoms with Crippen molar-refractivity contribution in [3.8, 4) is 5.75 Å². The number of nitrogens with one attached hydrogen (secondary N) is 1. The number of amides is 1. The monoisotopic (exact) mass is 461 g/mol. The van der Waals surface area contributed by atoms with E-state index in [1.54, 1.807) is 0 Å². The largest absolute Gasteiger partial charge is 0.497 e. The van der Waals surface area contributed by atoms with Crippen molar-refractivity contribution in [2.75, 3.05) is 7.11 Å². The molecule has 2 aromatic carbocycles. The molecule has 1 aromatic heterocycles. The first-order valence-electron chi connectivity index (χ1n) is 7.00. The molecule has 3 aromatic rings. The van der Waals surface area contributed by atoms with Gasteiger partial charge in [0.15, 0.2) is 17.2 Å². The fraction of sp³-hybridized carbons (Fsp3) is 0.0625. The Balaban J connectivity index is 1.95. The first-order valence-corrected chi connectivity index (χ1v) is 9.66. The molecule has 0 saturated carbocycles. The van der Waals surface area contributed by atoms with E-state index in [0.717, 1.165) is 0 Å². The summed E-state index contributed by atoms with van der Waals surface area (Å²) in [5.41, 5.74) is -0.157. The summed E-state index contributed by atoms with van der Waals surface area (Å²) in [4.78, 5) is 11.9. The molecular formula is C16H10BrClFNO5S. The standard InChI is InChI=1S/C16H10BrClFNO5S/c1-24-10-2-3-11(18)14(7-10)26(22,23)20-16(21)13-5-8-4-9(17)6-12(19)15(8)25-13/h2-7H,1H3,(H,20,21). The zero-order chi connectivity index (χ0) is 19.1. The fourth-order valence-electron chi connectivity index (χ4n) is 2.23. The van der Waals surface area contributed by atoms with Crippen LogP contribution < -0.4 is 9.46 Å². The molecule has 0 atom stereocenters. The zero-order valence-electron chi connectivity index (χ0n) is 13.0. The molecule has 0 aliphatic rings. The van der Waals surface area contributed by atoms with Gasteiger partial charge < -0.3 is 9.15 Å². The van der Waals surface area contributed by atoms with E-state index in [1.807, 2.05) is 4.72 Å². The second kappa shape index (κ2) is 6.90. The van der Waals surface area contributed by atoms with E-state index in [9.17, 15) is 17.6 Å². The van der Waals surface area contributed by atoms with Crippen LogP contribution in [0.5, 0.6) is 5.75 Å². The molecule has 10 heteroatoms. The Hall–Kier alpha value is -2.10. The first kappa shape index (κ1) is 18.7. The number of furan rings is 1. The van der Waals surface area contributed by atoms with Crippen molar-refractivity contribution in [1.29, 1.82) is 0 Å². The van der Waals surface area contributed by atoms with Crippen molar-refractivity contribution >= 4 is 54.4 Å². The second-order valence-electron chi connectivity index (χ2n) is 5.15. The number of fused-ring (bicyclic) bond motifs is 1. The number of rotatable bonds is 4. The van der Waals surface area contributed by atoms with Crippen LogP contribution in [0.1, 0.15) is 10.6 Å². The van der Waals surface area contributed by atoms with Gasteiger partial charge in [-0.1, -0.05) is 27.5 Å². The number of benzene rings is 2. The molecule has 0 radical (unpaired) electrons. The van der Waals surface area contributed by atoms with E-state index in [-0.39, 0.29) is 27.0 Å². The van der Waals surface area contributed by atoms with Gasteiger partial charge in [0.05, 0.1) is 12.1 Å². The number of halogens is 3. The lowest BCUT2D eigenvalue weighted by Crippen LogP contribution is -2.30. The van der Waals surface area contributed by atoms with E-state index in [1.165, 1.54) is 43.5 Å². The van der Waals surface area contributed by atoms with E-state index < -0.39 is 21.7 Å². The number of sulfonamides is 1. The summed E-state index contributed by atoms with van der Waals surface area (Å²) in [5, 5.41) is 0.213. The minimum Gasteiger partial charge on any atom is -0.497 e. The summed E-state index contributed by atoms with van der Waals surface area (Å²) in [6.45, 7) is 0. The predicted molar refractivity (Wildman–Crippen MR) is 96.5 cm³/mol. The number of ether oxygens (including phenoxy) is 1. The van der Waals surface area contributed by atoms with Crippen LogP contribution in [0, 0.1) is 5.82 Å². The lowest BCUT2D eigenvalue weighted by atomic mass is 10.2. The molecule has 0 spiro atoms. The van der Waals surface area contributed by atoms with E-state index in [0.29, 0.717) is 9.86 Å². The molecule has 0 saturated heterocycles. The molecule has 3 rings (SSSR count). The van der Waals surface area contributed by atoms with Crippen molar-refractivity contribution < 1.29 is 26.8 Å². The lowest BCUT2D eigenvalue weighted by molar-refractivity contribution is 0.0956. The molecule has 1 amide bonds. The van der Waals surface area contributed by atoms with Gasteiger partial charge in [-0.25, -0.2) is 17.5 Å². The predicted octanol–water partition coefficient (Wildman–Crippen LogP) is 4.12. The van der Waals surface area contributed by atoms with E-state index >= 15 is 0 Å². The smallest absolute Gasteiger partial charge is 0.300 e. The minimum absolute atomic E-state index is 0.0920. The number of carbonyl (C=O) groups is 1. The van der Waals surface area contributed by atoms with Crippen molar-refractivity contribution in [2.45, 2.75) is 4.90 Å². The third-order valence-electron chi connectivity index (χ3n) is 3.41. The number of hydrogen-bond acceptors (Lipinski definition) is 5. The van der Waals surface area contributed by atoms with Gasteiger partial charge in [0.2, 0.25) is 0 Å². The van der Waals surface area contributed by atoms with Crippen molar-refractivity contribution in [3.63, 3.8) is 0 Å². The van der Waals surface area contributed by atoms with Crippen molar-refractivity contribution in [3.05, 3.63) is 57.5 Å². The van der Waals surface area contributed by atoms with Gasteiger partial charge in [-0.05, 0) is 30.3 Å².